The van der Waals surface area contributed by atoms with Crippen LogP contribution in [0.2, 0.25) is 0 Å². The van der Waals surface area contributed by atoms with Crippen LogP contribution < -0.4 is 15.4 Å². The quantitative estimate of drug-likeness (QED) is 0.514. The maximum Gasteiger partial charge on any atom is 0.252 e. The second-order valence-electron chi connectivity index (χ2n) is 7.71. The second-order valence-corrected chi connectivity index (χ2v) is 7.71. The van der Waals surface area contributed by atoms with Crippen molar-refractivity contribution in [2.75, 3.05) is 39.4 Å². The van der Waals surface area contributed by atoms with Crippen LogP contribution in [0.15, 0.2) is 42.7 Å². The van der Waals surface area contributed by atoms with Gasteiger partial charge < -0.3 is 20.5 Å². The number of nitrogens with zero attached hydrogens (tertiary/aromatic N) is 2. The molecule has 3 N–H and O–H groups in total. The van der Waals surface area contributed by atoms with Crippen LogP contribution in [0.3, 0.4) is 0 Å². The Morgan fingerprint density at radius 1 is 1.40 bits per heavy atom. The largest absolute Gasteiger partial charge is 0.493 e. The molecule has 2 aromatic rings. The van der Waals surface area contributed by atoms with Gasteiger partial charge >= 0.3 is 0 Å². The molecule has 162 valence electrons. The first-order valence-electron chi connectivity index (χ1n) is 10.6. The number of carbonyl (C=O) groups excluding carboxylic acids is 1. The van der Waals surface area contributed by atoms with Crippen molar-refractivity contribution in [3.63, 3.8) is 0 Å². The summed E-state index contributed by atoms with van der Waals surface area (Å²) in [5.74, 6) is 0.756. The summed E-state index contributed by atoms with van der Waals surface area (Å²) in [6.07, 6.45) is 4.57. The van der Waals surface area contributed by atoms with Crippen molar-refractivity contribution < 1.29 is 14.6 Å². The number of aliphatic hydroxyl groups is 1. The van der Waals surface area contributed by atoms with Crippen LogP contribution >= 0.6 is 0 Å². The highest BCUT2D eigenvalue weighted by Gasteiger charge is 2.17. The molecule has 1 saturated heterocycles. The van der Waals surface area contributed by atoms with Crippen LogP contribution in [0.4, 0.5) is 0 Å². The minimum Gasteiger partial charge on any atom is -0.493 e. The van der Waals surface area contributed by atoms with Gasteiger partial charge in [-0.2, -0.15) is 0 Å². The predicted octanol–water partition coefficient (Wildman–Crippen LogP) is 1.61. The molecular weight excluding hydrogens is 380 g/mol. The lowest BCUT2D eigenvalue weighted by Crippen LogP contribution is -2.48. The van der Waals surface area contributed by atoms with Crippen LogP contribution in [-0.2, 0) is 13.0 Å². The Labute approximate surface area is 178 Å². The van der Waals surface area contributed by atoms with Gasteiger partial charge in [0.15, 0.2) is 0 Å². The lowest BCUT2D eigenvalue weighted by Gasteiger charge is -2.32. The highest BCUT2D eigenvalue weighted by atomic mass is 16.5. The Hall–Kier alpha value is -2.48. The van der Waals surface area contributed by atoms with E-state index < -0.39 is 0 Å². The molecule has 1 amide bonds. The molecule has 1 fully saturated rings. The Morgan fingerprint density at radius 3 is 3.07 bits per heavy atom. The van der Waals surface area contributed by atoms with Gasteiger partial charge in [-0.05, 0) is 43.5 Å². The van der Waals surface area contributed by atoms with E-state index in [2.05, 4.69) is 33.5 Å². The Bertz CT molecular complexity index is 800. The van der Waals surface area contributed by atoms with Crippen LogP contribution in [-0.4, -0.2) is 66.3 Å². The van der Waals surface area contributed by atoms with Gasteiger partial charge in [0.1, 0.15) is 5.75 Å². The third-order valence-corrected chi connectivity index (χ3v) is 5.16. The number of amides is 1. The van der Waals surface area contributed by atoms with Gasteiger partial charge in [-0.15, -0.1) is 0 Å². The topological polar surface area (TPSA) is 86.7 Å². The average molecular weight is 413 g/mol. The molecule has 7 nitrogen and oxygen atoms in total. The number of piperazine rings is 1. The standard InChI is InChI=1S/C23H32N4O3/c1-18-16-27(11-10-25-18)17-21-14-19(7-12-28)5-6-22(21)30-13-3-9-26-23(29)20-4-2-8-24-15-20/h2,4-6,8,14-15,18,25,28H,3,7,9-13,16-17H2,1H3,(H,26,29). The maximum atomic E-state index is 12.1. The molecule has 1 aromatic carbocycles. The first kappa shape index (κ1) is 22.2. The Balaban J connectivity index is 1.51. The van der Waals surface area contributed by atoms with E-state index in [1.807, 2.05) is 12.1 Å². The summed E-state index contributed by atoms with van der Waals surface area (Å²) in [7, 11) is 0. The highest BCUT2D eigenvalue weighted by molar-refractivity contribution is 5.93. The summed E-state index contributed by atoms with van der Waals surface area (Å²) in [6, 6.07) is 10.1. The van der Waals surface area contributed by atoms with Crippen molar-refractivity contribution in [3.8, 4) is 5.75 Å². The SMILES string of the molecule is CC1CN(Cc2cc(CCO)ccc2OCCCNC(=O)c2cccnc2)CCN1. The maximum absolute atomic E-state index is 12.1. The molecule has 2 heterocycles. The number of rotatable bonds is 10. The van der Waals surface area contributed by atoms with Crippen molar-refractivity contribution in [2.45, 2.75) is 32.4 Å². The zero-order chi connectivity index (χ0) is 21.2. The molecule has 1 aliphatic heterocycles. The number of hydrogen-bond donors (Lipinski definition) is 3. The molecule has 0 saturated carbocycles. The van der Waals surface area contributed by atoms with Crippen LogP contribution in [0, 0.1) is 0 Å². The smallest absolute Gasteiger partial charge is 0.252 e. The average Bonchev–Trinajstić information content (AvgIpc) is 2.75. The number of hydrogen-bond acceptors (Lipinski definition) is 6. The van der Waals surface area contributed by atoms with Gasteiger partial charge in [0.25, 0.3) is 5.91 Å². The molecule has 0 bridgehead atoms. The number of aliphatic hydroxyl groups excluding tert-OH is 1. The third kappa shape index (κ3) is 6.79. The van der Waals surface area contributed by atoms with Crippen molar-refractivity contribution in [2.24, 2.45) is 0 Å². The molecule has 7 heteroatoms. The van der Waals surface area contributed by atoms with Gasteiger partial charge in [-0.1, -0.05) is 12.1 Å². The summed E-state index contributed by atoms with van der Waals surface area (Å²) >= 11 is 0. The number of nitrogens with one attached hydrogen (secondary N) is 2. The molecule has 1 aliphatic rings. The van der Waals surface area contributed by atoms with Crippen molar-refractivity contribution in [3.05, 3.63) is 59.4 Å². The van der Waals surface area contributed by atoms with Gasteiger partial charge in [0.05, 0.1) is 12.2 Å². The van der Waals surface area contributed by atoms with Gasteiger partial charge in [0.2, 0.25) is 0 Å². The summed E-state index contributed by atoms with van der Waals surface area (Å²) < 4.78 is 6.06. The van der Waals surface area contributed by atoms with Crippen molar-refractivity contribution in [1.29, 1.82) is 0 Å². The van der Waals surface area contributed by atoms with Gasteiger partial charge in [-0.3, -0.25) is 14.7 Å². The molecule has 1 atom stereocenters. The van der Waals surface area contributed by atoms with Crippen LogP contribution in [0.25, 0.3) is 0 Å². The fourth-order valence-electron chi connectivity index (χ4n) is 3.63. The fourth-order valence-corrected chi connectivity index (χ4v) is 3.63. The summed E-state index contributed by atoms with van der Waals surface area (Å²) in [4.78, 5) is 18.4. The minimum atomic E-state index is -0.120. The lowest BCUT2D eigenvalue weighted by molar-refractivity contribution is 0.0951. The Morgan fingerprint density at radius 2 is 2.30 bits per heavy atom. The third-order valence-electron chi connectivity index (χ3n) is 5.16. The van der Waals surface area contributed by atoms with Crippen molar-refractivity contribution >= 4 is 5.91 Å². The zero-order valence-corrected chi connectivity index (χ0v) is 17.6. The van der Waals surface area contributed by atoms with Gasteiger partial charge in [0, 0.05) is 63.3 Å². The van der Waals surface area contributed by atoms with E-state index in [9.17, 15) is 9.90 Å². The molecule has 0 radical (unpaired) electrons. The first-order chi connectivity index (χ1) is 14.7. The van der Waals surface area contributed by atoms with E-state index in [0.29, 0.717) is 37.6 Å². The number of aromatic nitrogens is 1. The number of benzene rings is 1. The molecule has 1 aromatic heterocycles. The predicted molar refractivity (Wildman–Crippen MR) is 117 cm³/mol. The van der Waals surface area contributed by atoms with E-state index in [4.69, 9.17) is 4.74 Å². The monoisotopic (exact) mass is 412 g/mol. The summed E-state index contributed by atoms with van der Waals surface area (Å²) in [5.41, 5.74) is 2.83. The number of carbonyl (C=O) groups is 1. The molecule has 30 heavy (non-hydrogen) atoms. The molecular formula is C23H32N4O3. The highest BCUT2D eigenvalue weighted by Crippen LogP contribution is 2.23. The second kappa shape index (κ2) is 11.6. The molecule has 3 rings (SSSR count). The fraction of sp³-hybridized carbons (Fsp3) is 0.478. The summed E-state index contributed by atoms with van der Waals surface area (Å²) in [5, 5.41) is 15.6. The first-order valence-corrected chi connectivity index (χ1v) is 10.6. The van der Waals surface area contributed by atoms with Crippen molar-refractivity contribution in [1.82, 2.24) is 20.5 Å². The van der Waals surface area contributed by atoms with Crippen LogP contribution in [0.1, 0.15) is 34.8 Å². The normalized spacial score (nSPS) is 16.9. The van der Waals surface area contributed by atoms with Crippen LogP contribution in [0.5, 0.6) is 5.75 Å². The molecule has 0 aliphatic carbocycles. The van der Waals surface area contributed by atoms with E-state index >= 15 is 0 Å². The van der Waals surface area contributed by atoms with E-state index in [-0.39, 0.29) is 12.5 Å². The van der Waals surface area contributed by atoms with E-state index in [1.165, 1.54) is 0 Å². The summed E-state index contributed by atoms with van der Waals surface area (Å²) in [6.45, 7) is 7.24. The number of ether oxygens (including phenoxy) is 1. The molecule has 1 unspecified atom stereocenters. The van der Waals surface area contributed by atoms with E-state index in [1.54, 1.807) is 24.5 Å². The van der Waals surface area contributed by atoms with Gasteiger partial charge in [-0.25, -0.2) is 0 Å². The number of pyridine rings is 1. The Kier molecular flexibility index (Phi) is 8.62. The zero-order valence-electron chi connectivity index (χ0n) is 17.6. The minimum absolute atomic E-state index is 0.120. The van der Waals surface area contributed by atoms with E-state index in [0.717, 1.165) is 43.1 Å². The molecule has 0 spiro atoms. The lowest BCUT2D eigenvalue weighted by atomic mass is 10.1.